The lowest BCUT2D eigenvalue weighted by molar-refractivity contribution is -0.141. The van der Waals surface area contributed by atoms with Gasteiger partial charge in [0.25, 0.3) is 0 Å². The SMILES string of the molecule is COC(=O)CC(C)NCc1noc(C)n1. The first-order chi connectivity index (χ1) is 7.11. The first-order valence-electron chi connectivity index (χ1n) is 4.71. The van der Waals surface area contributed by atoms with Crippen LogP contribution in [-0.4, -0.2) is 29.3 Å². The number of hydrogen-bond acceptors (Lipinski definition) is 6. The van der Waals surface area contributed by atoms with Crippen molar-refractivity contribution in [2.75, 3.05) is 7.11 Å². The number of aromatic nitrogens is 2. The molecule has 1 aromatic heterocycles. The molecule has 1 heterocycles. The van der Waals surface area contributed by atoms with Crippen molar-refractivity contribution in [2.24, 2.45) is 0 Å². The third kappa shape index (κ3) is 4.07. The van der Waals surface area contributed by atoms with E-state index in [-0.39, 0.29) is 12.0 Å². The molecule has 0 aliphatic heterocycles. The number of ether oxygens (including phenoxy) is 1. The van der Waals surface area contributed by atoms with E-state index < -0.39 is 0 Å². The molecule has 0 spiro atoms. The van der Waals surface area contributed by atoms with Crippen molar-refractivity contribution in [1.82, 2.24) is 15.5 Å². The Bertz CT molecular complexity index is 324. The molecule has 15 heavy (non-hydrogen) atoms. The van der Waals surface area contributed by atoms with Gasteiger partial charge in [-0.2, -0.15) is 4.98 Å². The van der Waals surface area contributed by atoms with Gasteiger partial charge in [-0.05, 0) is 6.92 Å². The van der Waals surface area contributed by atoms with E-state index in [1.807, 2.05) is 6.92 Å². The van der Waals surface area contributed by atoms with Gasteiger partial charge in [-0.25, -0.2) is 0 Å². The Morgan fingerprint density at radius 3 is 2.93 bits per heavy atom. The summed E-state index contributed by atoms with van der Waals surface area (Å²) in [6, 6.07) is 0.0243. The Morgan fingerprint density at radius 1 is 1.67 bits per heavy atom. The fourth-order valence-corrected chi connectivity index (χ4v) is 1.08. The van der Waals surface area contributed by atoms with E-state index >= 15 is 0 Å². The topological polar surface area (TPSA) is 77.2 Å². The Labute approximate surface area is 88.0 Å². The molecule has 0 saturated carbocycles. The van der Waals surface area contributed by atoms with E-state index in [9.17, 15) is 4.79 Å². The summed E-state index contributed by atoms with van der Waals surface area (Å²) in [5.41, 5.74) is 0. The highest BCUT2D eigenvalue weighted by molar-refractivity contribution is 5.69. The van der Waals surface area contributed by atoms with E-state index in [1.165, 1.54) is 7.11 Å². The summed E-state index contributed by atoms with van der Waals surface area (Å²) in [6.07, 6.45) is 0.327. The van der Waals surface area contributed by atoms with Crippen LogP contribution < -0.4 is 5.32 Å². The molecule has 6 nitrogen and oxygen atoms in total. The second-order valence-corrected chi connectivity index (χ2v) is 3.29. The number of esters is 1. The predicted octanol–water partition coefficient (Wildman–Crippen LogP) is 0.419. The number of nitrogens with one attached hydrogen (secondary N) is 1. The largest absolute Gasteiger partial charge is 0.469 e. The Balaban J connectivity index is 2.28. The first-order valence-corrected chi connectivity index (χ1v) is 4.71. The van der Waals surface area contributed by atoms with Gasteiger partial charge in [0, 0.05) is 13.0 Å². The Morgan fingerprint density at radius 2 is 2.40 bits per heavy atom. The van der Waals surface area contributed by atoms with Gasteiger partial charge in [-0.15, -0.1) is 0 Å². The molecule has 0 bridgehead atoms. The first kappa shape index (κ1) is 11.6. The van der Waals surface area contributed by atoms with Crippen LogP contribution in [0.2, 0.25) is 0 Å². The van der Waals surface area contributed by atoms with Crippen LogP contribution in [0.4, 0.5) is 0 Å². The third-order valence-electron chi connectivity index (χ3n) is 1.88. The smallest absolute Gasteiger partial charge is 0.307 e. The van der Waals surface area contributed by atoms with Crippen LogP contribution >= 0.6 is 0 Å². The molecule has 0 fully saturated rings. The zero-order valence-corrected chi connectivity index (χ0v) is 9.11. The quantitative estimate of drug-likeness (QED) is 0.714. The number of nitrogens with zero attached hydrogens (tertiary/aromatic N) is 2. The van der Waals surface area contributed by atoms with Crippen LogP contribution in [0.3, 0.4) is 0 Å². The van der Waals surface area contributed by atoms with Crippen LogP contribution in [-0.2, 0) is 16.1 Å². The molecule has 6 heteroatoms. The summed E-state index contributed by atoms with van der Waals surface area (Å²) >= 11 is 0. The second-order valence-electron chi connectivity index (χ2n) is 3.29. The molecular weight excluding hydrogens is 198 g/mol. The number of carbonyl (C=O) groups is 1. The maximum absolute atomic E-state index is 10.9. The third-order valence-corrected chi connectivity index (χ3v) is 1.88. The summed E-state index contributed by atoms with van der Waals surface area (Å²) in [6.45, 7) is 4.10. The molecule has 1 atom stereocenters. The Hall–Kier alpha value is -1.43. The molecule has 0 aromatic carbocycles. The van der Waals surface area contributed by atoms with Crippen LogP contribution in [0, 0.1) is 6.92 Å². The summed E-state index contributed by atoms with van der Waals surface area (Å²) in [5, 5.41) is 6.81. The van der Waals surface area contributed by atoms with Crippen LogP contribution in [0.1, 0.15) is 25.1 Å². The standard InChI is InChI=1S/C9H15N3O3/c1-6(4-9(13)14-3)10-5-8-11-7(2)15-12-8/h6,10H,4-5H2,1-3H3. The second kappa shape index (κ2) is 5.45. The van der Waals surface area contributed by atoms with Crippen LogP contribution in [0.15, 0.2) is 4.52 Å². The van der Waals surface area contributed by atoms with Gasteiger partial charge in [0.15, 0.2) is 5.82 Å². The number of carbonyl (C=O) groups excluding carboxylic acids is 1. The van der Waals surface area contributed by atoms with Crippen molar-refractivity contribution in [3.63, 3.8) is 0 Å². The zero-order valence-electron chi connectivity index (χ0n) is 9.11. The number of rotatable bonds is 5. The minimum atomic E-state index is -0.237. The van der Waals surface area contributed by atoms with Crippen LogP contribution in [0.25, 0.3) is 0 Å². The Kier molecular flexibility index (Phi) is 4.23. The maximum Gasteiger partial charge on any atom is 0.307 e. The van der Waals surface area contributed by atoms with Gasteiger partial charge in [-0.1, -0.05) is 5.16 Å². The van der Waals surface area contributed by atoms with E-state index in [1.54, 1.807) is 6.92 Å². The summed E-state index contributed by atoms with van der Waals surface area (Å²) < 4.78 is 9.35. The van der Waals surface area contributed by atoms with Gasteiger partial charge in [0.1, 0.15) is 0 Å². The number of aryl methyl sites for hydroxylation is 1. The number of hydrogen-bond donors (Lipinski definition) is 1. The van der Waals surface area contributed by atoms with E-state index in [0.717, 1.165) is 0 Å². The molecule has 0 amide bonds. The lowest BCUT2D eigenvalue weighted by Crippen LogP contribution is -2.28. The van der Waals surface area contributed by atoms with Gasteiger partial charge >= 0.3 is 5.97 Å². The minimum Gasteiger partial charge on any atom is -0.469 e. The predicted molar refractivity (Wildman–Crippen MR) is 52.0 cm³/mol. The van der Waals surface area contributed by atoms with Crippen molar-refractivity contribution < 1.29 is 14.1 Å². The molecule has 1 rings (SSSR count). The average Bonchev–Trinajstić information content (AvgIpc) is 2.61. The monoisotopic (exact) mass is 213 g/mol. The molecule has 0 saturated heterocycles. The summed E-state index contributed by atoms with van der Waals surface area (Å²) in [5.74, 6) is 0.885. The van der Waals surface area contributed by atoms with Crippen molar-refractivity contribution in [1.29, 1.82) is 0 Å². The van der Waals surface area contributed by atoms with Gasteiger partial charge in [0.05, 0.1) is 20.1 Å². The molecule has 1 N–H and O–H groups in total. The highest BCUT2D eigenvalue weighted by Gasteiger charge is 2.09. The van der Waals surface area contributed by atoms with Crippen molar-refractivity contribution >= 4 is 5.97 Å². The summed E-state index contributed by atoms with van der Waals surface area (Å²) in [4.78, 5) is 15.0. The zero-order chi connectivity index (χ0) is 11.3. The lowest BCUT2D eigenvalue weighted by Gasteiger charge is -2.10. The molecule has 0 aliphatic rings. The molecular formula is C9H15N3O3. The van der Waals surface area contributed by atoms with Gasteiger partial charge in [0.2, 0.25) is 5.89 Å². The minimum absolute atomic E-state index is 0.0243. The van der Waals surface area contributed by atoms with E-state index in [0.29, 0.717) is 24.7 Å². The number of methoxy groups -OCH3 is 1. The molecule has 1 aromatic rings. The average molecular weight is 213 g/mol. The summed E-state index contributed by atoms with van der Waals surface area (Å²) in [7, 11) is 1.37. The maximum atomic E-state index is 10.9. The van der Waals surface area contributed by atoms with Crippen molar-refractivity contribution in [2.45, 2.75) is 32.9 Å². The molecule has 0 aliphatic carbocycles. The highest BCUT2D eigenvalue weighted by atomic mass is 16.5. The normalized spacial score (nSPS) is 12.5. The van der Waals surface area contributed by atoms with Crippen LogP contribution in [0.5, 0.6) is 0 Å². The van der Waals surface area contributed by atoms with Gasteiger partial charge < -0.3 is 14.6 Å². The van der Waals surface area contributed by atoms with E-state index in [2.05, 4.69) is 20.2 Å². The molecule has 1 unspecified atom stereocenters. The molecule has 0 radical (unpaired) electrons. The fourth-order valence-electron chi connectivity index (χ4n) is 1.08. The van der Waals surface area contributed by atoms with Crippen molar-refractivity contribution in [3.05, 3.63) is 11.7 Å². The fraction of sp³-hybridized carbons (Fsp3) is 0.667. The van der Waals surface area contributed by atoms with Crippen molar-refractivity contribution in [3.8, 4) is 0 Å². The molecule has 84 valence electrons. The lowest BCUT2D eigenvalue weighted by atomic mass is 10.2. The van der Waals surface area contributed by atoms with E-state index in [4.69, 9.17) is 4.52 Å². The highest BCUT2D eigenvalue weighted by Crippen LogP contribution is 1.97. The van der Waals surface area contributed by atoms with Gasteiger partial charge in [-0.3, -0.25) is 4.79 Å².